The summed E-state index contributed by atoms with van der Waals surface area (Å²) in [6, 6.07) is 6.25. The van der Waals surface area contributed by atoms with Crippen LogP contribution in [0, 0.1) is 6.92 Å². The monoisotopic (exact) mass is 282 g/mol. The zero-order valence-electron chi connectivity index (χ0n) is 8.33. The van der Waals surface area contributed by atoms with Crippen LogP contribution >= 0.6 is 27.3 Å². The summed E-state index contributed by atoms with van der Waals surface area (Å²) in [5.41, 5.74) is 8.90. The molecule has 0 spiro atoms. The van der Waals surface area contributed by atoms with Crippen molar-refractivity contribution < 1.29 is 0 Å². The van der Waals surface area contributed by atoms with Crippen molar-refractivity contribution in [3.05, 3.63) is 38.6 Å². The van der Waals surface area contributed by atoms with Crippen LogP contribution in [-0.2, 0) is 6.54 Å². The fraction of sp³-hybridized carbons (Fsp3) is 0.182. The molecule has 2 aromatic rings. The maximum Gasteiger partial charge on any atom is 0.107 e. The summed E-state index contributed by atoms with van der Waals surface area (Å²) in [6.45, 7) is 2.58. The highest BCUT2D eigenvalue weighted by Gasteiger charge is 2.07. The Balaban J connectivity index is 2.48. The van der Waals surface area contributed by atoms with Gasteiger partial charge in [-0.25, -0.2) is 4.98 Å². The molecule has 0 saturated carbocycles. The molecule has 0 aliphatic rings. The minimum Gasteiger partial charge on any atom is -0.325 e. The second kappa shape index (κ2) is 4.43. The smallest absolute Gasteiger partial charge is 0.107 e. The molecular weight excluding hydrogens is 272 g/mol. The number of aromatic nitrogens is 1. The lowest BCUT2D eigenvalue weighted by molar-refractivity contribution is 1.04. The van der Waals surface area contributed by atoms with E-state index < -0.39 is 0 Å². The summed E-state index contributed by atoms with van der Waals surface area (Å²) in [5, 5.41) is 3.01. The van der Waals surface area contributed by atoms with Crippen LogP contribution in [-0.4, -0.2) is 4.98 Å². The molecule has 0 aliphatic carbocycles. The molecular formula is C11H11BrN2S. The number of hydrogen-bond acceptors (Lipinski definition) is 3. The highest BCUT2D eigenvalue weighted by atomic mass is 79.9. The maximum absolute atomic E-state index is 5.55. The molecule has 0 amide bonds. The zero-order chi connectivity index (χ0) is 10.8. The van der Waals surface area contributed by atoms with Gasteiger partial charge in [0.2, 0.25) is 0 Å². The second-order valence-corrected chi connectivity index (χ2v) is 5.11. The van der Waals surface area contributed by atoms with Crippen molar-refractivity contribution in [2.45, 2.75) is 13.5 Å². The minimum atomic E-state index is 0.508. The van der Waals surface area contributed by atoms with E-state index in [1.165, 1.54) is 5.56 Å². The molecule has 78 valence electrons. The molecule has 2 nitrogen and oxygen atoms in total. The number of thiazole rings is 1. The van der Waals surface area contributed by atoms with Crippen molar-refractivity contribution in [2.24, 2.45) is 5.73 Å². The molecule has 0 radical (unpaired) electrons. The molecule has 0 aliphatic heterocycles. The van der Waals surface area contributed by atoms with Crippen molar-refractivity contribution in [1.82, 2.24) is 4.98 Å². The van der Waals surface area contributed by atoms with Crippen LogP contribution in [0.15, 0.2) is 28.1 Å². The predicted octanol–water partition coefficient (Wildman–Crippen LogP) is 3.34. The molecule has 4 heteroatoms. The average Bonchev–Trinajstić information content (AvgIpc) is 2.70. The lowest BCUT2D eigenvalue weighted by Gasteiger charge is -2.02. The first-order chi connectivity index (χ1) is 7.20. The van der Waals surface area contributed by atoms with E-state index in [2.05, 4.69) is 40.0 Å². The average molecular weight is 283 g/mol. The first-order valence-corrected chi connectivity index (χ1v) is 6.29. The summed E-state index contributed by atoms with van der Waals surface area (Å²) in [7, 11) is 0. The lowest BCUT2D eigenvalue weighted by atomic mass is 10.1. The van der Waals surface area contributed by atoms with Gasteiger partial charge in [0.25, 0.3) is 0 Å². The van der Waals surface area contributed by atoms with E-state index >= 15 is 0 Å². The van der Waals surface area contributed by atoms with Crippen LogP contribution in [0.1, 0.15) is 10.6 Å². The molecule has 2 rings (SSSR count). The standard InChI is InChI=1S/C11H11BrN2S/c1-7-2-3-9(12)8(4-7)10-6-15-11(5-13)14-10/h2-4,6H,5,13H2,1H3. The van der Waals surface area contributed by atoms with Gasteiger partial charge in [-0.15, -0.1) is 11.3 Å². The van der Waals surface area contributed by atoms with E-state index in [0.717, 1.165) is 20.7 Å². The Morgan fingerprint density at radius 2 is 2.27 bits per heavy atom. The van der Waals surface area contributed by atoms with Crippen molar-refractivity contribution >= 4 is 27.3 Å². The van der Waals surface area contributed by atoms with Crippen LogP contribution in [0.2, 0.25) is 0 Å². The first-order valence-electron chi connectivity index (χ1n) is 4.61. The highest BCUT2D eigenvalue weighted by Crippen LogP contribution is 2.29. The number of nitrogens with two attached hydrogens (primary N) is 1. The van der Waals surface area contributed by atoms with Crippen LogP contribution in [0.5, 0.6) is 0 Å². The van der Waals surface area contributed by atoms with E-state index in [9.17, 15) is 0 Å². The SMILES string of the molecule is Cc1ccc(Br)c(-c2csc(CN)n2)c1. The number of halogens is 1. The molecule has 0 atom stereocenters. The van der Waals surface area contributed by atoms with E-state index in [0.29, 0.717) is 6.54 Å². The maximum atomic E-state index is 5.55. The normalized spacial score (nSPS) is 10.6. The zero-order valence-corrected chi connectivity index (χ0v) is 10.7. The van der Waals surface area contributed by atoms with Gasteiger partial charge < -0.3 is 5.73 Å². The molecule has 0 bridgehead atoms. The van der Waals surface area contributed by atoms with Crippen molar-refractivity contribution in [1.29, 1.82) is 0 Å². The van der Waals surface area contributed by atoms with Crippen molar-refractivity contribution in [3.63, 3.8) is 0 Å². The van der Waals surface area contributed by atoms with E-state index in [-0.39, 0.29) is 0 Å². The molecule has 1 aromatic carbocycles. The summed E-state index contributed by atoms with van der Waals surface area (Å²) in [5.74, 6) is 0. The molecule has 0 fully saturated rings. The number of nitrogens with zero attached hydrogens (tertiary/aromatic N) is 1. The summed E-state index contributed by atoms with van der Waals surface area (Å²) in [6.07, 6.45) is 0. The van der Waals surface area contributed by atoms with Gasteiger partial charge in [-0.3, -0.25) is 0 Å². The topological polar surface area (TPSA) is 38.9 Å². The lowest BCUT2D eigenvalue weighted by Crippen LogP contribution is -1.94. The third-order valence-corrected chi connectivity index (χ3v) is 3.69. The predicted molar refractivity (Wildman–Crippen MR) is 67.9 cm³/mol. The van der Waals surface area contributed by atoms with Gasteiger partial charge in [0.15, 0.2) is 0 Å². The van der Waals surface area contributed by atoms with Gasteiger partial charge in [0, 0.05) is 22.0 Å². The Labute approximate surface area is 101 Å². The van der Waals surface area contributed by atoms with Crippen molar-refractivity contribution in [3.8, 4) is 11.3 Å². The molecule has 1 aromatic heterocycles. The minimum absolute atomic E-state index is 0.508. The summed E-state index contributed by atoms with van der Waals surface area (Å²) < 4.78 is 1.07. The van der Waals surface area contributed by atoms with Gasteiger partial charge in [-0.2, -0.15) is 0 Å². The van der Waals surface area contributed by atoms with E-state index in [1.54, 1.807) is 11.3 Å². The summed E-state index contributed by atoms with van der Waals surface area (Å²) in [4.78, 5) is 4.46. The second-order valence-electron chi connectivity index (χ2n) is 3.31. The number of hydrogen-bond donors (Lipinski definition) is 1. The molecule has 0 unspecified atom stereocenters. The third kappa shape index (κ3) is 2.27. The Hall–Kier alpha value is -0.710. The molecule has 0 saturated heterocycles. The first kappa shape index (κ1) is 10.8. The largest absolute Gasteiger partial charge is 0.325 e. The van der Waals surface area contributed by atoms with Crippen molar-refractivity contribution in [2.75, 3.05) is 0 Å². The van der Waals surface area contributed by atoms with Gasteiger partial charge >= 0.3 is 0 Å². The number of rotatable bonds is 2. The summed E-state index contributed by atoms with van der Waals surface area (Å²) >= 11 is 5.13. The van der Waals surface area contributed by atoms with Gasteiger partial charge in [-0.05, 0) is 19.1 Å². The van der Waals surface area contributed by atoms with Gasteiger partial charge in [-0.1, -0.05) is 27.6 Å². The van der Waals surface area contributed by atoms with Gasteiger partial charge in [0.05, 0.1) is 5.69 Å². The number of benzene rings is 1. The van der Waals surface area contributed by atoms with E-state index in [1.807, 2.05) is 11.4 Å². The quantitative estimate of drug-likeness (QED) is 0.918. The Bertz CT molecular complexity index is 479. The number of aryl methyl sites for hydroxylation is 1. The third-order valence-electron chi connectivity index (χ3n) is 2.12. The van der Waals surface area contributed by atoms with Crippen LogP contribution in [0.3, 0.4) is 0 Å². The fourth-order valence-electron chi connectivity index (χ4n) is 1.36. The Morgan fingerprint density at radius 3 is 2.93 bits per heavy atom. The fourth-order valence-corrected chi connectivity index (χ4v) is 2.49. The highest BCUT2D eigenvalue weighted by molar-refractivity contribution is 9.10. The molecule has 2 N–H and O–H groups in total. The molecule has 15 heavy (non-hydrogen) atoms. The van der Waals surface area contributed by atoms with Gasteiger partial charge in [0.1, 0.15) is 5.01 Å². The van der Waals surface area contributed by atoms with E-state index in [4.69, 9.17) is 5.73 Å². The Kier molecular flexibility index (Phi) is 3.19. The van der Waals surface area contributed by atoms with Crippen LogP contribution in [0.25, 0.3) is 11.3 Å². The van der Waals surface area contributed by atoms with Crippen LogP contribution in [0.4, 0.5) is 0 Å². The Morgan fingerprint density at radius 1 is 1.47 bits per heavy atom. The van der Waals surface area contributed by atoms with Crippen LogP contribution < -0.4 is 5.73 Å². The molecule has 1 heterocycles.